The minimum absolute atomic E-state index is 0.0270. The van der Waals surface area contributed by atoms with E-state index in [0.29, 0.717) is 12.8 Å². The van der Waals surface area contributed by atoms with Crippen molar-refractivity contribution >= 4 is 11.6 Å². The molecule has 7 heteroatoms. The predicted molar refractivity (Wildman–Crippen MR) is 115 cm³/mol. The summed E-state index contributed by atoms with van der Waals surface area (Å²) < 4.78 is 52.6. The number of halogens is 4. The molecule has 2 fully saturated rings. The quantitative estimate of drug-likeness (QED) is 0.375. The normalized spacial score (nSPS) is 17.2. The topological polar surface area (TPSA) is 31.4 Å². The van der Waals surface area contributed by atoms with E-state index in [1.165, 1.54) is 12.1 Å². The number of ether oxygens (including phenoxy) is 2. The standard InChI is InChI=1S/C25H21ClF3NO2/c26-17-5-8-21(25(27,28)29)16(13-17)15-31-24(10-11-24)22-14-30-12-9-19(22)20-3-1-2-4-23(20)32-18-6-7-18/h1-5,8-9,12-14,18H,6-7,10-11,15H2. The van der Waals surface area contributed by atoms with Crippen LogP contribution in [0.3, 0.4) is 0 Å². The second-order valence-corrected chi connectivity index (χ2v) is 8.75. The van der Waals surface area contributed by atoms with Crippen molar-refractivity contribution in [3.8, 4) is 16.9 Å². The zero-order valence-electron chi connectivity index (χ0n) is 17.2. The zero-order chi connectivity index (χ0) is 22.3. The maximum Gasteiger partial charge on any atom is 0.416 e. The Morgan fingerprint density at radius 1 is 1.03 bits per heavy atom. The molecule has 32 heavy (non-hydrogen) atoms. The Kier molecular flexibility index (Phi) is 5.38. The van der Waals surface area contributed by atoms with Gasteiger partial charge >= 0.3 is 6.18 Å². The minimum atomic E-state index is -4.47. The monoisotopic (exact) mass is 459 g/mol. The van der Waals surface area contributed by atoms with Gasteiger partial charge in [-0.15, -0.1) is 0 Å². The van der Waals surface area contributed by atoms with E-state index in [4.69, 9.17) is 21.1 Å². The number of pyridine rings is 1. The lowest BCUT2D eigenvalue weighted by Gasteiger charge is -2.22. The molecule has 0 atom stereocenters. The number of benzene rings is 2. The highest BCUT2D eigenvalue weighted by atomic mass is 35.5. The molecule has 2 aliphatic carbocycles. The van der Waals surface area contributed by atoms with E-state index in [1.807, 2.05) is 30.3 Å². The molecular weight excluding hydrogens is 439 g/mol. The SMILES string of the molecule is FC(F)(F)c1ccc(Cl)cc1COC1(c2cnccc2-c2ccccc2OC2CC2)CC1. The highest BCUT2D eigenvalue weighted by Gasteiger charge is 2.48. The number of rotatable bonds is 7. The molecule has 2 aromatic carbocycles. The Morgan fingerprint density at radius 3 is 2.53 bits per heavy atom. The van der Waals surface area contributed by atoms with Crippen LogP contribution >= 0.6 is 11.6 Å². The van der Waals surface area contributed by atoms with Gasteiger partial charge in [0.2, 0.25) is 0 Å². The van der Waals surface area contributed by atoms with E-state index in [1.54, 1.807) is 12.4 Å². The van der Waals surface area contributed by atoms with E-state index in [0.717, 1.165) is 41.3 Å². The average Bonchev–Trinajstić information content (AvgIpc) is 3.69. The molecule has 0 unspecified atom stereocenters. The highest BCUT2D eigenvalue weighted by molar-refractivity contribution is 6.30. The van der Waals surface area contributed by atoms with Crippen LogP contribution in [-0.2, 0) is 23.1 Å². The number of para-hydroxylation sites is 1. The molecule has 0 aliphatic heterocycles. The minimum Gasteiger partial charge on any atom is -0.490 e. The van der Waals surface area contributed by atoms with E-state index < -0.39 is 17.3 Å². The summed E-state index contributed by atoms with van der Waals surface area (Å²) in [7, 11) is 0. The summed E-state index contributed by atoms with van der Waals surface area (Å²) in [4.78, 5) is 4.28. The molecule has 2 aliphatic rings. The van der Waals surface area contributed by atoms with Gasteiger partial charge in [0, 0.05) is 28.5 Å². The number of nitrogens with zero attached hydrogens (tertiary/aromatic N) is 1. The van der Waals surface area contributed by atoms with Crippen LogP contribution in [0.15, 0.2) is 60.9 Å². The lowest BCUT2D eigenvalue weighted by Crippen LogP contribution is -2.16. The average molecular weight is 460 g/mol. The zero-order valence-corrected chi connectivity index (χ0v) is 17.9. The summed E-state index contributed by atoms with van der Waals surface area (Å²) in [5.41, 5.74) is 1.34. The van der Waals surface area contributed by atoms with Crippen molar-refractivity contribution < 1.29 is 22.6 Å². The second-order valence-electron chi connectivity index (χ2n) is 8.32. The predicted octanol–water partition coefficient (Wildman–Crippen LogP) is 7.17. The summed E-state index contributed by atoms with van der Waals surface area (Å²) in [5, 5.41) is 0.245. The summed E-state index contributed by atoms with van der Waals surface area (Å²) in [6.45, 7) is -0.191. The summed E-state index contributed by atoms with van der Waals surface area (Å²) in [6, 6.07) is 13.3. The Labute approximate surface area is 189 Å². The van der Waals surface area contributed by atoms with Gasteiger partial charge < -0.3 is 9.47 Å². The molecule has 0 saturated heterocycles. The van der Waals surface area contributed by atoms with Gasteiger partial charge in [0.15, 0.2) is 0 Å². The van der Waals surface area contributed by atoms with Gasteiger partial charge in [-0.1, -0.05) is 29.8 Å². The van der Waals surface area contributed by atoms with Crippen LogP contribution in [0.25, 0.3) is 11.1 Å². The first-order chi connectivity index (χ1) is 15.4. The van der Waals surface area contributed by atoms with Crippen molar-refractivity contribution in [1.29, 1.82) is 0 Å². The summed E-state index contributed by atoms with van der Waals surface area (Å²) >= 11 is 5.97. The summed E-state index contributed by atoms with van der Waals surface area (Å²) in [5.74, 6) is 0.799. The van der Waals surface area contributed by atoms with Crippen LogP contribution in [0, 0.1) is 0 Å². The number of aromatic nitrogens is 1. The molecule has 0 N–H and O–H groups in total. The fourth-order valence-electron chi connectivity index (χ4n) is 3.93. The maximum absolute atomic E-state index is 13.5. The first-order valence-electron chi connectivity index (χ1n) is 10.6. The summed E-state index contributed by atoms with van der Waals surface area (Å²) in [6.07, 6.45) is 2.74. The van der Waals surface area contributed by atoms with Crippen LogP contribution < -0.4 is 4.74 Å². The largest absolute Gasteiger partial charge is 0.490 e. The van der Waals surface area contributed by atoms with Crippen LogP contribution in [0.4, 0.5) is 13.2 Å². The van der Waals surface area contributed by atoms with E-state index in [2.05, 4.69) is 4.98 Å². The maximum atomic E-state index is 13.5. The molecule has 166 valence electrons. The molecule has 0 spiro atoms. The molecule has 1 heterocycles. The number of alkyl halides is 3. The third kappa shape index (κ3) is 4.34. The van der Waals surface area contributed by atoms with Gasteiger partial charge in [0.25, 0.3) is 0 Å². The van der Waals surface area contributed by atoms with Crippen LogP contribution in [0.1, 0.15) is 42.4 Å². The third-order valence-corrected chi connectivity index (χ3v) is 6.12. The molecule has 1 aromatic heterocycles. The van der Waals surface area contributed by atoms with Crippen molar-refractivity contribution in [3.63, 3.8) is 0 Å². The van der Waals surface area contributed by atoms with Gasteiger partial charge in [0.05, 0.1) is 23.9 Å². The van der Waals surface area contributed by atoms with Gasteiger partial charge in [-0.3, -0.25) is 4.98 Å². The highest BCUT2D eigenvalue weighted by Crippen LogP contribution is 2.53. The molecule has 2 saturated carbocycles. The van der Waals surface area contributed by atoms with Crippen LogP contribution in [0.5, 0.6) is 5.75 Å². The lowest BCUT2D eigenvalue weighted by molar-refractivity contribution is -0.139. The van der Waals surface area contributed by atoms with Gasteiger partial charge in [0.1, 0.15) is 5.75 Å². The number of hydrogen-bond acceptors (Lipinski definition) is 3. The molecule has 0 amide bonds. The third-order valence-electron chi connectivity index (χ3n) is 5.89. The van der Waals surface area contributed by atoms with Crippen molar-refractivity contribution in [3.05, 3.63) is 82.6 Å². The molecule has 0 radical (unpaired) electrons. The van der Waals surface area contributed by atoms with Crippen LogP contribution in [-0.4, -0.2) is 11.1 Å². The molecule has 5 rings (SSSR count). The van der Waals surface area contributed by atoms with Crippen LogP contribution in [0.2, 0.25) is 5.02 Å². The van der Waals surface area contributed by atoms with Crippen molar-refractivity contribution in [2.45, 2.75) is 50.2 Å². The number of hydrogen-bond donors (Lipinski definition) is 0. The van der Waals surface area contributed by atoms with Crippen molar-refractivity contribution in [2.24, 2.45) is 0 Å². The Morgan fingerprint density at radius 2 is 1.81 bits per heavy atom. The fourth-order valence-corrected chi connectivity index (χ4v) is 4.12. The first kappa shape index (κ1) is 21.3. The second kappa shape index (κ2) is 8.09. The van der Waals surface area contributed by atoms with E-state index in [-0.39, 0.29) is 23.3 Å². The molecular formula is C25H21ClF3NO2. The smallest absolute Gasteiger partial charge is 0.416 e. The van der Waals surface area contributed by atoms with Crippen molar-refractivity contribution in [1.82, 2.24) is 4.98 Å². The Hall–Kier alpha value is -2.57. The van der Waals surface area contributed by atoms with Crippen molar-refractivity contribution in [2.75, 3.05) is 0 Å². The molecule has 0 bridgehead atoms. The van der Waals surface area contributed by atoms with E-state index >= 15 is 0 Å². The molecule has 3 nitrogen and oxygen atoms in total. The lowest BCUT2D eigenvalue weighted by atomic mass is 9.96. The fraction of sp³-hybridized carbons (Fsp3) is 0.320. The van der Waals surface area contributed by atoms with Gasteiger partial charge in [-0.25, -0.2) is 0 Å². The Bertz CT molecular complexity index is 1140. The van der Waals surface area contributed by atoms with Gasteiger partial charge in [-0.05, 0) is 67.1 Å². The Balaban J connectivity index is 1.46. The van der Waals surface area contributed by atoms with E-state index in [9.17, 15) is 13.2 Å². The first-order valence-corrected chi connectivity index (χ1v) is 10.9. The molecule has 3 aromatic rings. The van der Waals surface area contributed by atoms with Gasteiger partial charge in [-0.2, -0.15) is 13.2 Å².